The van der Waals surface area contributed by atoms with E-state index in [1.54, 1.807) is 33.7 Å². The van der Waals surface area contributed by atoms with Crippen LogP contribution in [0.2, 0.25) is 5.02 Å². The number of rotatable bonds is 10. The molecule has 1 amide bonds. The molecule has 0 spiro atoms. The number of carbonyl (C=O) groups excluding carboxylic acids is 1. The standard InChI is InChI=1S/C33H33ClF2N8O3/c34-26-18-23(4-6-24(26)32(45)43-16-14-41(15-17-43)12-13-42-10-7-22(20-42)33(46)47)40-30-31-39-19-27(44(31)11-9-38-30)25-5-3-21(2-1-8-37)28(35)29(25)36/h3-6,9,11,18-19,22H,1-2,7,10,12-17,20H2,(H,38,40)(H,46,47). The van der Waals surface area contributed by atoms with E-state index in [4.69, 9.17) is 16.9 Å². The first kappa shape index (κ1) is 32.3. The fraction of sp³-hybridized carbons (Fsp3) is 0.364. The molecule has 1 unspecified atom stereocenters. The van der Waals surface area contributed by atoms with Crippen molar-refractivity contribution in [1.82, 2.24) is 29.1 Å². The Morgan fingerprint density at radius 3 is 2.55 bits per heavy atom. The van der Waals surface area contributed by atoms with Gasteiger partial charge in [-0.05, 0) is 49.2 Å². The van der Waals surface area contributed by atoms with Crippen molar-refractivity contribution in [3.05, 3.63) is 76.7 Å². The van der Waals surface area contributed by atoms with Crippen molar-refractivity contribution in [2.75, 3.05) is 57.7 Å². The number of benzene rings is 2. The third kappa shape index (κ3) is 6.90. The Labute approximate surface area is 275 Å². The molecule has 2 saturated heterocycles. The van der Waals surface area contributed by atoms with Gasteiger partial charge in [0, 0.05) is 75.9 Å². The van der Waals surface area contributed by atoms with E-state index in [0.717, 1.165) is 32.7 Å². The average Bonchev–Trinajstić information content (AvgIpc) is 3.73. The summed E-state index contributed by atoms with van der Waals surface area (Å²) in [4.78, 5) is 39.6. The van der Waals surface area contributed by atoms with E-state index in [1.807, 2.05) is 6.07 Å². The summed E-state index contributed by atoms with van der Waals surface area (Å²) >= 11 is 6.59. The van der Waals surface area contributed by atoms with Gasteiger partial charge in [-0.2, -0.15) is 5.26 Å². The number of fused-ring (bicyclic) bond motifs is 1. The van der Waals surface area contributed by atoms with Gasteiger partial charge in [-0.25, -0.2) is 18.7 Å². The molecule has 4 heterocycles. The Kier molecular flexibility index (Phi) is 9.63. The van der Waals surface area contributed by atoms with Crippen molar-refractivity contribution in [3.8, 4) is 17.3 Å². The number of nitrogens with zero attached hydrogens (tertiary/aromatic N) is 7. The van der Waals surface area contributed by atoms with Crippen LogP contribution >= 0.6 is 11.6 Å². The van der Waals surface area contributed by atoms with E-state index in [2.05, 4.69) is 25.1 Å². The fourth-order valence-electron chi connectivity index (χ4n) is 6.15. The van der Waals surface area contributed by atoms with E-state index in [-0.39, 0.29) is 40.8 Å². The zero-order valence-electron chi connectivity index (χ0n) is 25.5. The number of anilines is 2. The molecule has 244 valence electrons. The number of piperazine rings is 1. The number of amides is 1. The van der Waals surface area contributed by atoms with Gasteiger partial charge in [-0.1, -0.05) is 17.7 Å². The summed E-state index contributed by atoms with van der Waals surface area (Å²) in [7, 11) is 0. The number of aliphatic carboxylic acids is 1. The molecule has 11 nitrogen and oxygen atoms in total. The summed E-state index contributed by atoms with van der Waals surface area (Å²) < 4.78 is 31.4. The normalized spacial score (nSPS) is 17.2. The highest BCUT2D eigenvalue weighted by Crippen LogP contribution is 2.31. The molecule has 1 atom stereocenters. The van der Waals surface area contributed by atoms with Gasteiger partial charge < -0.3 is 20.2 Å². The van der Waals surface area contributed by atoms with E-state index < -0.39 is 17.6 Å². The number of likely N-dealkylation sites (tertiary alicyclic amines) is 1. The number of imidazole rings is 1. The van der Waals surface area contributed by atoms with Gasteiger partial charge in [0.1, 0.15) is 0 Å². The molecule has 0 radical (unpaired) electrons. The third-order valence-corrected chi connectivity index (χ3v) is 9.16. The van der Waals surface area contributed by atoms with Crippen LogP contribution in [0.5, 0.6) is 0 Å². The first-order valence-electron chi connectivity index (χ1n) is 15.4. The lowest BCUT2D eigenvalue weighted by molar-refractivity contribution is -0.141. The molecular weight excluding hydrogens is 630 g/mol. The maximum Gasteiger partial charge on any atom is 0.307 e. The highest BCUT2D eigenvalue weighted by atomic mass is 35.5. The minimum atomic E-state index is -1.01. The molecule has 0 bridgehead atoms. The highest BCUT2D eigenvalue weighted by molar-refractivity contribution is 6.34. The quantitative estimate of drug-likeness (QED) is 0.248. The molecule has 2 aliphatic heterocycles. The summed E-state index contributed by atoms with van der Waals surface area (Å²) in [5.41, 5.74) is 1.81. The molecule has 4 aromatic rings. The van der Waals surface area contributed by atoms with Crippen molar-refractivity contribution in [3.63, 3.8) is 0 Å². The van der Waals surface area contributed by atoms with Crippen molar-refractivity contribution < 1.29 is 23.5 Å². The minimum absolute atomic E-state index is 0.0278. The zero-order chi connectivity index (χ0) is 33.1. The largest absolute Gasteiger partial charge is 0.481 e. The molecular formula is C33H33ClF2N8O3. The molecule has 2 aromatic carbocycles. The smallest absolute Gasteiger partial charge is 0.307 e. The van der Waals surface area contributed by atoms with E-state index in [9.17, 15) is 19.1 Å². The van der Waals surface area contributed by atoms with Crippen LogP contribution in [-0.2, 0) is 11.2 Å². The molecule has 2 aromatic heterocycles. The SMILES string of the molecule is N#CCCc1ccc(-c2cnc3c(Nc4ccc(C(=O)N5CCN(CCN6CCC(C(=O)O)C6)CC5)c(Cl)c4)nccn23)c(F)c1F. The Morgan fingerprint density at radius 1 is 1.04 bits per heavy atom. The van der Waals surface area contributed by atoms with Gasteiger partial charge in [0.15, 0.2) is 23.1 Å². The van der Waals surface area contributed by atoms with Crippen molar-refractivity contribution >= 4 is 40.6 Å². The monoisotopic (exact) mass is 662 g/mol. The minimum Gasteiger partial charge on any atom is -0.481 e. The predicted molar refractivity (Wildman–Crippen MR) is 172 cm³/mol. The Hall–Kier alpha value is -4.64. The number of nitriles is 1. The van der Waals surface area contributed by atoms with Crippen LogP contribution in [0.3, 0.4) is 0 Å². The Morgan fingerprint density at radius 2 is 1.83 bits per heavy atom. The number of hydrogen-bond donors (Lipinski definition) is 2. The molecule has 0 saturated carbocycles. The van der Waals surface area contributed by atoms with Crippen molar-refractivity contribution in [2.45, 2.75) is 19.3 Å². The van der Waals surface area contributed by atoms with Gasteiger partial charge in [0.25, 0.3) is 5.91 Å². The molecule has 2 fully saturated rings. The van der Waals surface area contributed by atoms with E-state index >= 15 is 4.39 Å². The topological polar surface area (TPSA) is 130 Å². The number of carboxylic acids is 1. The average molecular weight is 663 g/mol. The van der Waals surface area contributed by atoms with Gasteiger partial charge in [-0.3, -0.25) is 18.9 Å². The van der Waals surface area contributed by atoms with Crippen LogP contribution < -0.4 is 5.32 Å². The lowest BCUT2D eigenvalue weighted by Gasteiger charge is -2.35. The van der Waals surface area contributed by atoms with Crippen LogP contribution in [0.25, 0.3) is 16.9 Å². The number of aromatic nitrogens is 3. The molecule has 0 aliphatic carbocycles. The number of nitrogens with one attached hydrogen (secondary N) is 1. The second-order valence-corrected chi connectivity index (χ2v) is 12.2. The third-order valence-electron chi connectivity index (χ3n) is 8.85. The van der Waals surface area contributed by atoms with Crippen LogP contribution in [0.1, 0.15) is 28.8 Å². The Bertz CT molecular complexity index is 1850. The summed E-state index contributed by atoms with van der Waals surface area (Å²) in [6.07, 6.45) is 5.43. The number of halogens is 3. The predicted octanol–water partition coefficient (Wildman–Crippen LogP) is 4.69. The van der Waals surface area contributed by atoms with Crippen molar-refractivity contribution in [2.24, 2.45) is 5.92 Å². The maximum absolute atomic E-state index is 15.1. The lowest BCUT2D eigenvalue weighted by atomic mass is 10.0. The summed E-state index contributed by atoms with van der Waals surface area (Å²) in [5.74, 6) is -2.82. The van der Waals surface area contributed by atoms with Gasteiger partial charge >= 0.3 is 5.97 Å². The number of aryl methyl sites for hydroxylation is 1. The second-order valence-electron chi connectivity index (χ2n) is 11.7. The van der Waals surface area contributed by atoms with Crippen LogP contribution in [0.15, 0.2) is 48.9 Å². The van der Waals surface area contributed by atoms with Crippen LogP contribution in [0.4, 0.5) is 20.3 Å². The van der Waals surface area contributed by atoms with Crippen molar-refractivity contribution in [1.29, 1.82) is 5.26 Å². The summed E-state index contributed by atoms with van der Waals surface area (Å²) in [5, 5.41) is 21.4. The molecule has 14 heteroatoms. The number of carbonyl (C=O) groups is 2. The van der Waals surface area contributed by atoms with Gasteiger partial charge in [-0.15, -0.1) is 0 Å². The first-order chi connectivity index (χ1) is 22.7. The molecule has 6 rings (SSSR count). The second kappa shape index (κ2) is 14.0. The van der Waals surface area contributed by atoms with E-state index in [1.165, 1.54) is 24.5 Å². The first-order valence-corrected chi connectivity index (χ1v) is 15.8. The number of carboxylic acid groups (broad SMARTS) is 1. The fourth-order valence-corrected chi connectivity index (χ4v) is 6.41. The summed E-state index contributed by atoms with van der Waals surface area (Å²) in [6.45, 7) is 5.61. The highest BCUT2D eigenvalue weighted by Gasteiger charge is 2.29. The van der Waals surface area contributed by atoms with Crippen LogP contribution in [-0.4, -0.2) is 98.4 Å². The molecule has 47 heavy (non-hydrogen) atoms. The molecule has 2 N–H and O–H groups in total. The maximum atomic E-state index is 15.1. The molecule has 2 aliphatic rings. The zero-order valence-corrected chi connectivity index (χ0v) is 26.3. The van der Waals surface area contributed by atoms with Crippen LogP contribution in [0, 0.1) is 28.9 Å². The van der Waals surface area contributed by atoms with Gasteiger partial charge in [0.05, 0.1) is 34.5 Å². The van der Waals surface area contributed by atoms with E-state index in [0.29, 0.717) is 54.5 Å². The van der Waals surface area contributed by atoms with Gasteiger partial charge in [0.2, 0.25) is 0 Å². The lowest BCUT2D eigenvalue weighted by Crippen LogP contribution is -2.50. The number of hydrogen-bond acceptors (Lipinski definition) is 8. The Balaban J connectivity index is 1.09. The summed E-state index contributed by atoms with van der Waals surface area (Å²) in [6, 6.07) is 9.91.